The van der Waals surface area contributed by atoms with E-state index < -0.39 is 10.3 Å². The van der Waals surface area contributed by atoms with Crippen LogP contribution in [-0.2, 0) is 21.5 Å². The summed E-state index contributed by atoms with van der Waals surface area (Å²) in [5.41, 5.74) is 1.42. The van der Waals surface area contributed by atoms with Crippen LogP contribution < -0.4 is 10.0 Å². The highest BCUT2D eigenvalue weighted by atomic mass is 32.2. The van der Waals surface area contributed by atoms with E-state index in [0.29, 0.717) is 24.1 Å². The van der Waals surface area contributed by atoms with Crippen molar-refractivity contribution in [2.45, 2.75) is 26.7 Å². The molecule has 0 atom stereocenters. The van der Waals surface area contributed by atoms with E-state index in [0.717, 1.165) is 0 Å². The first-order valence-corrected chi connectivity index (χ1v) is 6.98. The van der Waals surface area contributed by atoms with Crippen LogP contribution in [0.5, 0.6) is 0 Å². The summed E-state index contributed by atoms with van der Waals surface area (Å²) in [4.78, 5) is 11.3. The maximum Gasteiger partial charge on any atom is 0.357 e. The fourth-order valence-electron chi connectivity index (χ4n) is 1.56. The van der Waals surface area contributed by atoms with E-state index in [2.05, 4.69) is 5.32 Å². The van der Waals surface area contributed by atoms with Gasteiger partial charge in [-0.25, -0.2) is 0 Å². The predicted octanol–water partition coefficient (Wildman–Crippen LogP) is 1.81. The molecule has 1 aromatic rings. The lowest BCUT2D eigenvalue weighted by Gasteiger charge is -2.14. The zero-order valence-electron chi connectivity index (χ0n) is 10.2. The number of anilines is 2. The van der Waals surface area contributed by atoms with E-state index in [1.807, 2.05) is 11.6 Å². The molecule has 1 aromatic carbocycles. The van der Waals surface area contributed by atoms with Crippen molar-refractivity contribution in [2.24, 2.45) is 0 Å². The number of carbonyl (C=O) groups excluding carboxylic acids is 1. The zero-order chi connectivity index (χ0) is 13.8. The molecule has 0 bridgehead atoms. The number of amides is 1. The number of nitrogens with one attached hydrogen (secondary N) is 2. The molecular weight excluding hydrogens is 256 g/mol. The summed E-state index contributed by atoms with van der Waals surface area (Å²) in [6.45, 7) is 3.55. The summed E-state index contributed by atoms with van der Waals surface area (Å²) < 4.78 is 32.4. The maximum atomic E-state index is 11.3. The van der Waals surface area contributed by atoms with E-state index >= 15 is 0 Å². The van der Waals surface area contributed by atoms with Gasteiger partial charge in [-0.3, -0.25) is 14.1 Å². The molecule has 1 rings (SSSR count). The van der Waals surface area contributed by atoms with Gasteiger partial charge < -0.3 is 5.32 Å². The Morgan fingerprint density at radius 2 is 1.89 bits per heavy atom. The van der Waals surface area contributed by atoms with Gasteiger partial charge in [0.15, 0.2) is 0 Å². The largest absolute Gasteiger partial charge is 0.357 e. The first kappa shape index (κ1) is 14.5. The SMILES string of the molecule is CCC(=O)Nc1cccc(NS(=O)(=O)O)c1CC. The first-order chi connectivity index (χ1) is 8.37. The first-order valence-electron chi connectivity index (χ1n) is 5.54. The third kappa shape index (κ3) is 4.01. The smallest absolute Gasteiger partial charge is 0.326 e. The summed E-state index contributed by atoms with van der Waals surface area (Å²) >= 11 is 0. The normalized spacial score (nSPS) is 11.1. The molecule has 0 heterocycles. The van der Waals surface area contributed by atoms with E-state index in [9.17, 15) is 13.2 Å². The number of rotatable bonds is 5. The van der Waals surface area contributed by atoms with Gasteiger partial charge in [-0.15, -0.1) is 0 Å². The van der Waals surface area contributed by atoms with Gasteiger partial charge in [0.1, 0.15) is 0 Å². The molecule has 18 heavy (non-hydrogen) atoms. The second kappa shape index (κ2) is 5.83. The average Bonchev–Trinajstić information content (AvgIpc) is 2.27. The lowest BCUT2D eigenvalue weighted by atomic mass is 10.1. The van der Waals surface area contributed by atoms with Crippen molar-refractivity contribution in [1.82, 2.24) is 0 Å². The van der Waals surface area contributed by atoms with Crippen molar-refractivity contribution in [3.05, 3.63) is 23.8 Å². The monoisotopic (exact) mass is 272 g/mol. The van der Waals surface area contributed by atoms with Gasteiger partial charge in [-0.05, 0) is 24.1 Å². The summed E-state index contributed by atoms with van der Waals surface area (Å²) in [6.07, 6.45) is 0.844. The molecule has 0 unspecified atom stereocenters. The van der Waals surface area contributed by atoms with Gasteiger partial charge in [0.25, 0.3) is 0 Å². The van der Waals surface area contributed by atoms with Crippen LogP contribution in [0.1, 0.15) is 25.8 Å². The fraction of sp³-hybridized carbons (Fsp3) is 0.364. The van der Waals surface area contributed by atoms with Gasteiger partial charge in [0.05, 0.1) is 5.69 Å². The lowest BCUT2D eigenvalue weighted by molar-refractivity contribution is -0.115. The summed E-state index contributed by atoms with van der Waals surface area (Å²) in [5, 5.41) is 2.68. The molecule has 0 radical (unpaired) electrons. The minimum absolute atomic E-state index is 0.159. The van der Waals surface area contributed by atoms with Crippen LogP contribution in [0.4, 0.5) is 11.4 Å². The molecule has 7 heteroatoms. The summed E-state index contributed by atoms with van der Waals surface area (Å²) in [6, 6.07) is 4.80. The Balaban J connectivity index is 3.13. The van der Waals surface area contributed by atoms with Crippen LogP contribution in [0.25, 0.3) is 0 Å². The topological polar surface area (TPSA) is 95.5 Å². The van der Waals surface area contributed by atoms with Gasteiger partial charge in [0.2, 0.25) is 5.91 Å². The van der Waals surface area contributed by atoms with E-state index in [4.69, 9.17) is 4.55 Å². The molecule has 3 N–H and O–H groups in total. The Labute approximate surface area is 106 Å². The predicted molar refractivity (Wildman–Crippen MR) is 69.9 cm³/mol. The van der Waals surface area contributed by atoms with Gasteiger partial charge in [0, 0.05) is 12.1 Å². The minimum atomic E-state index is -4.32. The van der Waals surface area contributed by atoms with Crippen molar-refractivity contribution in [3.8, 4) is 0 Å². The Hall–Kier alpha value is -1.60. The van der Waals surface area contributed by atoms with Crippen LogP contribution in [-0.4, -0.2) is 18.9 Å². The van der Waals surface area contributed by atoms with Crippen molar-refractivity contribution in [3.63, 3.8) is 0 Å². The second-order valence-electron chi connectivity index (χ2n) is 3.66. The Morgan fingerprint density at radius 3 is 2.39 bits per heavy atom. The highest BCUT2D eigenvalue weighted by Crippen LogP contribution is 2.25. The van der Waals surface area contributed by atoms with Crippen LogP contribution in [0.15, 0.2) is 18.2 Å². The van der Waals surface area contributed by atoms with Gasteiger partial charge in [-0.2, -0.15) is 8.42 Å². The number of hydrogen-bond donors (Lipinski definition) is 3. The second-order valence-corrected chi connectivity index (χ2v) is 4.82. The Morgan fingerprint density at radius 1 is 1.28 bits per heavy atom. The standard InChI is InChI=1S/C11H16N2O4S/c1-3-8-9(12-11(14)4-2)6-5-7-10(8)13-18(15,16)17/h5-7,13H,3-4H2,1-2H3,(H,12,14)(H,15,16,17). The zero-order valence-corrected chi connectivity index (χ0v) is 11.0. The molecule has 1 amide bonds. The van der Waals surface area contributed by atoms with Crippen molar-refractivity contribution < 1.29 is 17.8 Å². The quantitative estimate of drug-likeness (QED) is 0.712. The molecule has 0 fully saturated rings. The molecular formula is C11H16N2O4S. The van der Waals surface area contributed by atoms with Crippen molar-refractivity contribution >= 4 is 27.6 Å². The third-order valence-corrected chi connectivity index (χ3v) is 2.84. The summed E-state index contributed by atoms with van der Waals surface area (Å²) in [7, 11) is -4.32. The molecule has 0 saturated heterocycles. The van der Waals surface area contributed by atoms with E-state index in [1.165, 1.54) is 6.07 Å². The van der Waals surface area contributed by atoms with Crippen LogP contribution in [0, 0.1) is 0 Å². The van der Waals surface area contributed by atoms with E-state index in [-0.39, 0.29) is 11.6 Å². The fourth-order valence-corrected chi connectivity index (χ4v) is 2.03. The highest BCUT2D eigenvalue weighted by molar-refractivity contribution is 7.87. The molecule has 0 aromatic heterocycles. The lowest BCUT2D eigenvalue weighted by Crippen LogP contribution is -2.15. The Kier molecular flexibility index (Phi) is 4.69. The molecule has 0 aliphatic rings. The van der Waals surface area contributed by atoms with Gasteiger partial charge in [-0.1, -0.05) is 19.9 Å². The molecule has 0 saturated carbocycles. The summed E-state index contributed by atoms with van der Waals surface area (Å²) in [5.74, 6) is -0.159. The average molecular weight is 272 g/mol. The molecule has 0 aliphatic carbocycles. The van der Waals surface area contributed by atoms with E-state index in [1.54, 1.807) is 19.1 Å². The maximum absolute atomic E-state index is 11.3. The van der Waals surface area contributed by atoms with Crippen LogP contribution in [0.3, 0.4) is 0 Å². The molecule has 6 nitrogen and oxygen atoms in total. The minimum Gasteiger partial charge on any atom is -0.326 e. The number of carbonyl (C=O) groups is 1. The molecule has 100 valence electrons. The number of benzene rings is 1. The third-order valence-electron chi connectivity index (χ3n) is 2.36. The van der Waals surface area contributed by atoms with Crippen LogP contribution in [0.2, 0.25) is 0 Å². The number of hydrogen-bond acceptors (Lipinski definition) is 3. The van der Waals surface area contributed by atoms with Gasteiger partial charge >= 0.3 is 10.3 Å². The molecule has 0 spiro atoms. The van der Waals surface area contributed by atoms with Crippen LogP contribution >= 0.6 is 0 Å². The molecule has 0 aliphatic heterocycles. The van der Waals surface area contributed by atoms with Crippen molar-refractivity contribution in [1.29, 1.82) is 0 Å². The Bertz CT molecular complexity index is 540. The van der Waals surface area contributed by atoms with Crippen molar-refractivity contribution in [2.75, 3.05) is 10.0 Å². The highest BCUT2D eigenvalue weighted by Gasteiger charge is 2.12.